The van der Waals surface area contributed by atoms with E-state index in [9.17, 15) is 14.0 Å². The van der Waals surface area contributed by atoms with Crippen molar-refractivity contribution in [1.29, 1.82) is 0 Å². The third-order valence-corrected chi connectivity index (χ3v) is 5.20. The standard InChI is InChI=1S/C20H22FNO4/c1-13-17(18(23)24)11-16(26-13)12-22(2)19(25)20(9-3-4-10-20)14-5-7-15(21)8-6-14/h5-8,11H,3-4,9-10,12H2,1-2H3,(H,23,24). The first-order chi connectivity index (χ1) is 12.3. The molecule has 6 heteroatoms. The van der Waals surface area contributed by atoms with E-state index in [-0.39, 0.29) is 23.8 Å². The number of carbonyl (C=O) groups is 2. The van der Waals surface area contributed by atoms with Gasteiger partial charge in [-0.25, -0.2) is 9.18 Å². The van der Waals surface area contributed by atoms with Crippen LogP contribution in [-0.2, 0) is 16.8 Å². The Labute approximate surface area is 151 Å². The van der Waals surface area contributed by atoms with Crippen molar-refractivity contribution < 1.29 is 23.5 Å². The smallest absolute Gasteiger partial charge is 0.339 e. The van der Waals surface area contributed by atoms with Gasteiger partial charge in [0.1, 0.15) is 22.9 Å². The molecule has 1 amide bonds. The van der Waals surface area contributed by atoms with E-state index in [1.165, 1.54) is 18.2 Å². The molecule has 1 saturated carbocycles. The topological polar surface area (TPSA) is 70.8 Å². The molecule has 1 aromatic heterocycles. The van der Waals surface area contributed by atoms with Gasteiger partial charge in [-0.3, -0.25) is 4.79 Å². The maximum absolute atomic E-state index is 13.3. The van der Waals surface area contributed by atoms with E-state index in [0.29, 0.717) is 11.5 Å². The van der Waals surface area contributed by atoms with Crippen molar-refractivity contribution in [3.8, 4) is 0 Å². The fourth-order valence-corrected chi connectivity index (χ4v) is 3.88. The lowest BCUT2D eigenvalue weighted by Crippen LogP contribution is -2.43. The van der Waals surface area contributed by atoms with Crippen molar-refractivity contribution in [2.75, 3.05) is 7.05 Å². The number of aromatic carboxylic acids is 1. The average Bonchev–Trinajstić information content (AvgIpc) is 3.22. The molecule has 1 N–H and O–H groups in total. The van der Waals surface area contributed by atoms with E-state index in [0.717, 1.165) is 31.2 Å². The molecule has 0 radical (unpaired) electrons. The normalized spacial score (nSPS) is 15.8. The van der Waals surface area contributed by atoms with Crippen LogP contribution in [0.15, 0.2) is 34.7 Å². The predicted octanol–water partition coefficient (Wildman–Crippen LogP) is 3.90. The van der Waals surface area contributed by atoms with Crippen molar-refractivity contribution in [2.45, 2.75) is 44.6 Å². The molecule has 1 aliphatic rings. The Hall–Kier alpha value is -2.63. The molecule has 0 spiro atoms. The summed E-state index contributed by atoms with van der Waals surface area (Å²) in [7, 11) is 1.68. The van der Waals surface area contributed by atoms with Crippen LogP contribution >= 0.6 is 0 Å². The van der Waals surface area contributed by atoms with Gasteiger partial charge in [0.15, 0.2) is 0 Å². The predicted molar refractivity (Wildman–Crippen MR) is 93.4 cm³/mol. The van der Waals surface area contributed by atoms with Crippen LogP contribution in [0.5, 0.6) is 0 Å². The summed E-state index contributed by atoms with van der Waals surface area (Å²) in [6.45, 7) is 1.78. The van der Waals surface area contributed by atoms with Crippen LogP contribution in [0.2, 0.25) is 0 Å². The lowest BCUT2D eigenvalue weighted by atomic mass is 9.77. The second-order valence-corrected chi connectivity index (χ2v) is 6.95. The molecule has 5 nitrogen and oxygen atoms in total. The molecular formula is C20H22FNO4. The summed E-state index contributed by atoms with van der Waals surface area (Å²) in [6.07, 6.45) is 3.33. The average molecular weight is 359 g/mol. The van der Waals surface area contributed by atoms with Crippen LogP contribution in [0.3, 0.4) is 0 Å². The van der Waals surface area contributed by atoms with E-state index in [1.54, 1.807) is 31.0 Å². The second-order valence-electron chi connectivity index (χ2n) is 6.95. The van der Waals surface area contributed by atoms with Crippen molar-refractivity contribution in [2.24, 2.45) is 0 Å². The molecule has 26 heavy (non-hydrogen) atoms. The molecule has 0 aliphatic heterocycles. The summed E-state index contributed by atoms with van der Waals surface area (Å²) in [5.74, 6) is -0.669. The first-order valence-electron chi connectivity index (χ1n) is 8.68. The number of furan rings is 1. The van der Waals surface area contributed by atoms with E-state index in [2.05, 4.69) is 0 Å². The van der Waals surface area contributed by atoms with E-state index >= 15 is 0 Å². The van der Waals surface area contributed by atoms with Gasteiger partial charge in [-0.15, -0.1) is 0 Å². The maximum Gasteiger partial charge on any atom is 0.339 e. The minimum absolute atomic E-state index is 0.0486. The number of carbonyl (C=O) groups excluding carboxylic acids is 1. The van der Waals surface area contributed by atoms with Gasteiger partial charge in [-0.05, 0) is 43.5 Å². The van der Waals surface area contributed by atoms with Crippen molar-refractivity contribution >= 4 is 11.9 Å². The van der Waals surface area contributed by atoms with Gasteiger partial charge < -0.3 is 14.4 Å². The summed E-state index contributed by atoms with van der Waals surface area (Å²) in [6, 6.07) is 7.61. The van der Waals surface area contributed by atoms with E-state index in [1.807, 2.05) is 0 Å². The fraction of sp³-hybridized carbons (Fsp3) is 0.400. The molecule has 0 atom stereocenters. The highest BCUT2D eigenvalue weighted by molar-refractivity contribution is 5.89. The lowest BCUT2D eigenvalue weighted by Gasteiger charge is -2.32. The zero-order valence-electron chi connectivity index (χ0n) is 14.9. The van der Waals surface area contributed by atoms with Crippen molar-refractivity contribution in [1.82, 2.24) is 4.90 Å². The Kier molecular flexibility index (Phi) is 4.85. The third-order valence-electron chi connectivity index (χ3n) is 5.20. The van der Waals surface area contributed by atoms with Crippen molar-refractivity contribution in [3.05, 3.63) is 58.8 Å². The minimum atomic E-state index is -1.05. The van der Waals surface area contributed by atoms with Gasteiger partial charge in [0, 0.05) is 7.05 Å². The molecule has 3 rings (SSSR count). The Morgan fingerprint density at radius 2 is 1.85 bits per heavy atom. The number of rotatable bonds is 5. The van der Waals surface area contributed by atoms with Gasteiger partial charge in [0.05, 0.1) is 12.0 Å². The number of aryl methyl sites for hydroxylation is 1. The van der Waals surface area contributed by atoms with Crippen LogP contribution in [0.1, 0.15) is 53.1 Å². The number of carboxylic acids is 1. The number of nitrogens with zero attached hydrogens (tertiary/aromatic N) is 1. The molecular weight excluding hydrogens is 337 g/mol. The van der Waals surface area contributed by atoms with Crippen LogP contribution in [-0.4, -0.2) is 28.9 Å². The minimum Gasteiger partial charge on any atom is -0.478 e. The number of hydrogen-bond acceptors (Lipinski definition) is 3. The number of amides is 1. The summed E-state index contributed by atoms with van der Waals surface area (Å²) in [5.41, 5.74) is 0.282. The first-order valence-corrected chi connectivity index (χ1v) is 8.68. The second kappa shape index (κ2) is 6.94. The summed E-state index contributed by atoms with van der Waals surface area (Å²) in [5, 5.41) is 9.14. The number of hydrogen-bond donors (Lipinski definition) is 1. The van der Waals surface area contributed by atoms with Gasteiger partial charge in [0.2, 0.25) is 5.91 Å². The highest BCUT2D eigenvalue weighted by Gasteiger charge is 2.44. The van der Waals surface area contributed by atoms with Crippen LogP contribution in [0, 0.1) is 12.7 Å². The lowest BCUT2D eigenvalue weighted by molar-refractivity contribution is -0.136. The van der Waals surface area contributed by atoms with E-state index in [4.69, 9.17) is 9.52 Å². The number of benzene rings is 1. The SMILES string of the molecule is Cc1oc(CN(C)C(=O)C2(c3ccc(F)cc3)CCCC2)cc1C(=O)O. The van der Waals surface area contributed by atoms with Crippen LogP contribution in [0.4, 0.5) is 4.39 Å². The summed E-state index contributed by atoms with van der Waals surface area (Å²) in [4.78, 5) is 26.0. The van der Waals surface area contributed by atoms with Gasteiger partial charge in [0.25, 0.3) is 0 Å². The summed E-state index contributed by atoms with van der Waals surface area (Å²) < 4.78 is 18.8. The highest BCUT2D eigenvalue weighted by Crippen LogP contribution is 2.42. The third kappa shape index (κ3) is 3.23. The maximum atomic E-state index is 13.3. The van der Waals surface area contributed by atoms with Crippen molar-refractivity contribution in [3.63, 3.8) is 0 Å². The molecule has 2 aromatic rings. The van der Waals surface area contributed by atoms with Crippen LogP contribution < -0.4 is 0 Å². The zero-order valence-corrected chi connectivity index (χ0v) is 14.9. The molecule has 1 aliphatic carbocycles. The largest absolute Gasteiger partial charge is 0.478 e. The fourth-order valence-electron chi connectivity index (χ4n) is 3.88. The van der Waals surface area contributed by atoms with E-state index < -0.39 is 11.4 Å². The Bertz CT molecular complexity index is 819. The first kappa shape index (κ1) is 18.2. The van der Waals surface area contributed by atoms with Crippen LogP contribution in [0.25, 0.3) is 0 Å². The number of likely N-dealkylation sites (N-methyl/N-ethyl adjacent to an activating group) is 1. The zero-order chi connectivity index (χ0) is 18.9. The highest BCUT2D eigenvalue weighted by atomic mass is 19.1. The molecule has 1 aromatic carbocycles. The number of carboxylic acid groups (broad SMARTS) is 1. The Morgan fingerprint density at radius 3 is 2.38 bits per heavy atom. The van der Waals surface area contributed by atoms with Gasteiger partial charge in [-0.1, -0.05) is 25.0 Å². The summed E-state index contributed by atoms with van der Waals surface area (Å²) >= 11 is 0. The molecule has 0 bridgehead atoms. The molecule has 138 valence electrons. The van der Waals surface area contributed by atoms with Gasteiger partial charge in [-0.2, -0.15) is 0 Å². The number of halogens is 1. The molecule has 1 heterocycles. The Morgan fingerprint density at radius 1 is 1.23 bits per heavy atom. The monoisotopic (exact) mass is 359 g/mol. The molecule has 0 saturated heterocycles. The molecule has 1 fully saturated rings. The van der Waals surface area contributed by atoms with Gasteiger partial charge >= 0.3 is 5.97 Å². The Balaban J connectivity index is 1.84. The quantitative estimate of drug-likeness (QED) is 0.879. The molecule has 0 unspecified atom stereocenters.